The largest absolute Gasteiger partial charge is 0.298 e. The highest BCUT2D eigenvalue weighted by molar-refractivity contribution is 7.22. The third kappa shape index (κ3) is 2.64. The van der Waals surface area contributed by atoms with Crippen LogP contribution in [0.2, 0.25) is 5.15 Å². The molecule has 0 spiro atoms. The van der Waals surface area contributed by atoms with Crippen LogP contribution >= 0.6 is 22.9 Å². The number of carbonyl (C=O) groups excluding carboxylic acids is 1. The Bertz CT molecular complexity index is 747. The number of amides is 1. The summed E-state index contributed by atoms with van der Waals surface area (Å²) in [5, 5.41) is 3.66. The first-order valence-corrected chi connectivity index (χ1v) is 7.12. The highest BCUT2D eigenvalue weighted by atomic mass is 35.5. The summed E-state index contributed by atoms with van der Waals surface area (Å²) in [6.07, 6.45) is 0. The van der Waals surface area contributed by atoms with Crippen molar-refractivity contribution in [1.82, 2.24) is 9.97 Å². The maximum Gasteiger partial charge on any atom is 0.257 e. The van der Waals surface area contributed by atoms with Gasteiger partial charge in [-0.3, -0.25) is 10.1 Å². The molecule has 20 heavy (non-hydrogen) atoms. The van der Waals surface area contributed by atoms with Crippen LogP contribution in [0.4, 0.5) is 5.13 Å². The van der Waals surface area contributed by atoms with Crippen LogP contribution in [-0.4, -0.2) is 15.9 Å². The number of fused-ring (bicyclic) bond motifs is 1. The number of carbonyl (C=O) groups is 1. The average Bonchev–Trinajstić information content (AvgIpc) is 2.79. The van der Waals surface area contributed by atoms with E-state index < -0.39 is 0 Å². The minimum atomic E-state index is -0.239. The van der Waals surface area contributed by atoms with Crippen LogP contribution < -0.4 is 5.32 Å². The second kappa shape index (κ2) is 5.19. The zero-order valence-corrected chi connectivity index (χ0v) is 12.1. The molecule has 0 aliphatic rings. The molecule has 100 valence electrons. The first-order valence-electron chi connectivity index (χ1n) is 5.93. The Kier molecular flexibility index (Phi) is 3.38. The molecule has 3 rings (SSSR count). The molecule has 2 heterocycles. The van der Waals surface area contributed by atoms with Gasteiger partial charge in [-0.25, -0.2) is 9.97 Å². The minimum Gasteiger partial charge on any atom is -0.298 e. The van der Waals surface area contributed by atoms with E-state index in [2.05, 4.69) is 15.3 Å². The predicted molar refractivity (Wildman–Crippen MR) is 81.6 cm³/mol. The van der Waals surface area contributed by atoms with Crippen molar-refractivity contribution in [3.05, 3.63) is 52.8 Å². The number of hydrogen-bond acceptors (Lipinski definition) is 4. The Morgan fingerprint density at radius 2 is 2.05 bits per heavy atom. The molecular formula is C14H10ClN3OS. The standard InChI is InChI=1S/C14H10ClN3OS/c1-8-6-9(7-12(15)16-8)13(19)18-14-17-10-4-2-3-5-11(10)20-14/h2-7H,1H3,(H,17,18,19). The maximum atomic E-state index is 12.2. The lowest BCUT2D eigenvalue weighted by atomic mass is 10.2. The Balaban J connectivity index is 1.88. The number of nitrogens with one attached hydrogen (secondary N) is 1. The summed E-state index contributed by atoms with van der Waals surface area (Å²) in [7, 11) is 0. The Labute approximate surface area is 124 Å². The number of aromatic nitrogens is 2. The summed E-state index contributed by atoms with van der Waals surface area (Å²) in [4.78, 5) is 20.6. The molecular weight excluding hydrogens is 294 g/mol. The van der Waals surface area contributed by atoms with Gasteiger partial charge in [-0.2, -0.15) is 0 Å². The van der Waals surface area contributed by atoms with Gasteiger partial charge in [0.2, 0.25) is 0 Å². The van der Waals surface area contributed by atoms with Gasteiger partial charge in [0.15, 0.2) is 5.13 Å². The summed E-state index contributed by atoms with van der Waals surface area (Å²) in [5.41, 5.74) is 2.05. The number of benzene rings is 1. The predicted octanol–water partition coefficient (Wildman–Crippen LogP) is 3.91. The molecule has 0 saturated heterocycles. The molecule has 0 unspecified atom stereocenters. The average molecular weight is 304 g/mol. The smallest absolute Gasteiger partial charge is 0.257 e. The van der Waals surface area contributed by atoms with Crippen molar-refractivity contribution < 1.29 is 4.79 Å². The van der Waals surface area contributed by atoms with Gasteiger partial charge in [0, 0.05) is 11.3 Å². The monoisotopic (exact) mass is 303 g/mol. The molecule has 4 nitrogen and oxygen atoms in total. The number of hydrogen-bond donors (Lipinski definition) is 1. The van der Waals surface area contributed by atoms with Crippen LogP contribution in [-0.2, 0) is 0 Å². The zero-order valence-electron chi connectivity index (χ0n) is 10.6. The molecule has 3 aromatic rings. The Hall–Kier alpha value is -1.98. The summed E-state index contributed by atoms with van der Waals surface area (Å²) >= 11 is 7.29. The van der Waals surface area contributed by atoms with Crippen molar-refractivity contribution in [1.29, 1.82) is 0 Å². The topological polar surface area (TPSA) is 54.9 Å². The van der Waals surface area contributed by atoms with E-state index in [1.807, 2.05) is 24.3 Å². The number of nitrogens with zero attached hydrogens (tertiary/aromatic N) is 2. The highest BCUT2D eigenvalue weighted by Gasteiger charge is 2.11. The molecule has 0 saturated carbocycles. The lowest BCUT2D eigenvalue weighted by Crippen LogP contribution is -2.12. The molecule has 1 aromatic carbocycles. The van der Waals surface area contributed by atoms with Gasteiger partial charge in [-0.15, -0.1) is 0 Å². The van der Waals surface area contributed by atoms with E-state index >= 15 is 0 Å². The Morgan fingerprint density at radius 1 is 1.25 bits per heavy atom. The van der Waals surface area contributed by atoms with Crippen LogP contribution in [0.3, 0.4) is 0 Å². The molecule has 2 aromatic heterocycles. The van der Waals surface area contributed by atoms with E-state index in [1.54, 1.807) is 13.0 Å². The Morgan fingerprint density at radius 3 is 2.80 bits per heavy atom. The molecule has 0 bridgehead atoms. The van der Waals surface area contributed by atoms with Crippen LogP contribution in [0.15, 0.2) is 36.4 Å². The number of thiazole rings is 1. The van der Waals surface area contributed by atoms with Crippen molar-refractivity contribution in [3.63, 3.8) is 0 Å². The van der Waals surface area contributed by atoms with Crippen LogP contribution in [0.1, 0.15) is 16.1 Å². The fraction of sp³-hybridized carbons (Fsp3) is 0.0714. The van der Waals surface area contributed by atoms with Gasteiger partial charge in [-0.1, -0.05) is 35.1 Å². The lowest BCUT2D eigenvalue weighted by molar-refractivity contribution is 0.102. The summed E-state index contributed by atoms with van der Waals surface area (Å²) in [6.45, 7) is 1.79. The normalized spacial score (nSPS) is 10.7. The first-order chi connectivity index (χ1) is 9.61. The summed E-state index contributed by atoms with van der Waals surface area (Å²) in [6, 6.07) is 11.0. The third-order valence-electron chi connectivity index (χ3n) is 2.70. The van der Waals surface area contributed by atoms with Gasteiger partial charge in [0.25, 0.3) is 5.91 Å². The minimum absolute atomic E-state index is 0.239. The number of rotatable bonds is 2. The number of aryl methyl sites for hydroxylation is 1. The van der Waals surface area contributed by atoms with E-state index in [0.717, 1.165) is 10.2 Å². The van der Waals surface area contributed by atoms with Crippen LogP contribution in [0.25, 0.3) is 10.2 Å². The van der Waals surface area contributed by atoms with E-state index in [1.165, 1.54) is 17.4 Å². The van der Waals surface area contributed by atoms with E-state index in [-0.39, 0.29) is 5.91 Å². The lowest BCUT2D eigenvalue weighted by Gasteiger charge is -2.03. The molecule has 0 fully saturated rings. The quantitative estimate of drug-likeness (QED) is 0.730. The molecule has 1 N–H and O–H groups in total. The van der Waals surface area contributed by atoms with Crippen molar-refractivity contribution in [2.75, 3.05) is 5.32 Å². The molecule has 0 atom stereocenters. The second-order valence-electron chi connectivity index (χ2n) is 4.26. The number of anilines is 1. The number of para-hydroxylation sites is 1. The molecule has 1 amide bonds. The van der Waals surface area contributed by atoms with Crippen molar-refractivity contribution >= 4 is 44.2 Å². The van der Waals surface area contributed by atoms with E-state index in [4.69, 9.17) is 11.6 Å². The molecule has 0 aliphatic heterocycles. The van der Waals surface area contributed by atoms with Crippen LogP contribution in [0.5, 0.6) is 0 Å². The SMILES string of the molecule is Cc1cc(C(=O)Nc2nc3ccccc3s2)cc(Cl)n1. The van der Waals surface area contributed by atoms with Crippen molar-refractivity contribution in [2.24, 2.45) is 0 Å². The number of pyridine rings is 1. The van der Waals surface area contributed by atoms with E-state index in [0.29, 0.717) is 21.5 Å². The van der Waals surface area contributed by atoms with Crippen LogP contribution in [0, 0.1) is 6.92 Å². The molecule has 0 radical (unpaired) electrons. The molecule has 6 heteroatoms. The highest BCUT2D eigenvalue weighted by Crippen LogP contribution is 2.25. The summed E-state index contributed by atoms with van der Waals surface area (Å²) in [5.74, 6) is -0.239. The molecule has 0 aliphatic carbocycles. The maximum absolute atomic E-state index is 12.2. The van der Waals surface area contributed by atoms with Gasteiger partial charge in [0.1, 0.15) is 5.15 Å². The van der Waals surface area contributed by atoms with Crippen molar-refractivity contribution in [2.45, 2.75) is 6.92 Å². The summed E-state index contributed by atoms with van der Waals surface area (Å²) < 4.78 is 1.03. The van der Waals surface area contributed by atoms with Gasteiger partial charge in [0.05, 0.1) is 10.2 Å². The van der Waals surface area contributed by atoms with Gasteiger partial charge < -0.3 is 0 Å². The van der Waals surface area contributed by atoms with Gasteiger partial charge >= 0.3 is 0 Å². The first kappa shape index (κ1) is 13.0. The third-order valence-corrected chi connectivity index (χ3v) is 3.84. The van der Waals surface area contributed by atoms with Gasteiger partial charge in [-0.05, 0) is 31.2 Å². The van der Waals surface area contributed by atoms with Crippen molar-refractivity contribution in [3.8, 4) is 0 Å². The zero-order chi connectivity index (χ0) is 14.1. The van der Waals surface area contributed by atoms with E-state index in [9.17, 15) is 4.79 Å². The number of halogens is 1. The second-order valence-corrected chi connectivity index (χ2v) is 5.68. The fourth-order valence-corrected chi connectivity index (χ4v) is 2.97. The fourth-order valence-electron chi connectivity index (χ4n) is 1.85.